The summed E-state index contributed by atoms with van der Waals surface area (Å²) in [6.45, 7) is 2.51. The lowest BCUT2D eigenvalue weighted by molar-refractivity contribution is -0.126. The minimum atomic E-state index is -3.76. The van der Waals surface area contributed by atoms with Crippen LogP contribution in [0.15, 0.2) is 53.4 Å². The highest BCUT2D eigenvalue weighted by molar-refractivity contribution is 7.89. The van der Waals surface area contributed by atoms with Crippen molar-refractivity contribution in [3.8, 4) is 11.8 Å². The standard InChI is InChI=1S/C23H27N3O4S/c1-3-21(17-8-10-20(30-2)11-9-17)25-23(27)18-12-14-26(15-13-18)31(28,29)22-7-5-4-6-19(22)16-24/h4-11,18,21H,3,12-15H2,1-2H3,(H,25,27). The number of benzene rings is 2. The highest BCUT2D eigenvalue weighted by atomic mass is 32.2. The van der Waals surface area contributed by atoms with Crippen LogP contribution in [-0.4, -0.2) is 38.8 Å². The summed E-state index contributed by atoms with van der Waals surface area (Å²) >= 11 is 0. The molecule has 2 aromatic carbocycles. The van der Waals surface area contributed by atoms with Gasteiger partial charge in [0.25, 0.3) is 0 Å². The van der Waals surface area contributed by atoms with Crippen LogP contribution in [0.4, 0.5) is 0 Å². The number of ether oxygens (including phenoxy) is 1. The lowest BCUT2D eigenvalue weighted by atomic mass is 9.95. The van der Waals surface area contributed by atoms with E-state index in [2.05, 4.69) is 5.32 Å². The Kier molecular flexibility index (Phi) is 7.31. The molecule has 3 rings (SSSR count). The van der Waals surface area contributed by atoms with Crippen molar-refractivity contribution in [1.29, 1.82) is 5.26 Å². The summed E-state index contributed by atoms with van der Waals surface area (Å²) in [5.41, 5.74) is 1.14. The first kappa shape index (κ1) is 22.8. The maximum atomic E-state index is 13.0. The number of hydrogen-bond acceptors (Lipinski definition) is 5. The highest BCUT2D eigenvalue weighted by Gasteiger charge is 2.33. The summed E-state index contributed by atoms with van der Waals surface area (Å²) in [5, 5.41) is 12.3. The third kappa shape index (κ3) is 5.06. The molecule has 1 amide bonds. The third-order valence-electron chi connectivity index (χ3n) is 5.69. The van der Waals surface area contributed by atoms with Gasteiger partial charge in [-0.1, -0.05) is 31.2 Å². The number of rotatable bonds is 7. The van der Waals surface area contributed by atoms with Gasteiger partial charge in [0.2, 0.25) is 15.9 Å². The summed E-state index contributed by atoms with van der Waals surface area (Å²) in [4.78, 5) is 12.9. The zero-order valence-corrected chi connectivity index (χ0v) is 18.6. The van der Waals surface area contributed by atoms with Crippen LogP contribution in [0, 0.1) is 17.2 Å². The van der Waals surface area contributed by atoms with Crippen LogP contribution < -0.4 is 10.1 Å². The molecule has 1 aliphatic rings. The number of nitriles is 1. The zero-order chi connectivity index (χ0) is 22.4. The van der Waals surface area contributed by atoms with Crippen molar-refractivity contribution in [2.24, 2.45) is 5.92 Å². The highest BCUT2D eigenvalue weighted by Crippen LogP contribution is 2.27. The van der Waals surface area contributed by atoms with E-state index in [-0.39, 0.29) is 41.4 Å². The molecule has 1 atom stereocenters. The minimum absolute atomic E-state index is 0.0194. The maximum absolute atomic E-state index is 13.0. The van der Waals surface area contributed by atoms with Gasteiger partial charge in [0.15, 0.2) is 0 Å². The van der Waals surface area contributed by atoms with E-state index in [1.54, 1.807) is 19.2 Å². The topological polar surface area (TPSA) is 99.5 Å². The van der Waals surface area contributed by atoms with Crippen LogP contribution in [0.1, 0.15) is 43.4 Å². The van der Waals surface area contributed by atoms with Gasteiger partial charge in [0, 0.05) is 19.0 Å². The van der Waals surface area contributed by atoms with Gasteiger partial charge in [-0.3, -0.25) is 4.79 Å². The van der Waals surface area contributed by atoms with Crippen molar-refractivity contribution < 1.29 is 17.9 Å². The predicted molar refractivity (Wildman–Crippen MR) is 117 cm³/mol. The Balaban J connectivity index is 1.63. The van der Waals surface area contributed by atoms with E-state index in [0.717, 1.165) is 17.7 Å². The molecule has 1 aliphatic heterocycles. The molecule has 31 heavy (non-hydrogen) atoms. The van der Waals surface area contributed by atoms with Crippen LogP contribution in [0.2, 0.25) is 0 Å². The number of hydrogen-bond donors (Lipinski definition) is 1. The van der Waals surface area contributed by atoms with Crippen LogP contribution in [0.25, 0.3) is 0 Å². The number of nitrogens with one attached hydrogen (secondary N) is 1. The number of carbonyl (C=O) groups excluding carboxylic acids is 1. The molecule has 1 N–H and O–H groups in total. The summed E-state index contributed by atoms with van der Waals surface area (Å²) in [6.07, 6.45) is 1.63. The van der Waals surface area contributed by atoms with E-state index in [1.807, 2.05) is 37.3 Å². The molecule has 1 heterocycles. The number of amides is 1. The molecular weight excluding hydrogens is 414 g/mol. The summed E-state index contributed by atoms with van der Waals surface area (Å²) in [7, 11) is -2.15. The first-order valence-corrected chi connectivity index (χ1v) is 11.8. The van der Waals surface area contributed by atoms with Gasteiger partial charge in [-0.05, 0) is 49.1 Å². The van der Waals surface area contributed by atoms with Crippen LogP contribution >= 0.6 is 0 Å². The Morgan fingerprint density at radius 3 is 2.42 bits per heavy atom. The molecule has 1 unspecified atom stereocenters. The molecule has 2 aromatic rings. The molecule has 0 saturated carbocycles. The maximum Gasteiger partial charge on any atom is 0.244 e. The molecule has 8 heteroatoms. The second-order valence-electron chi connectivity index (χ2n) is 7.53. The Bertz CT molecular complexity index is 1050. The van der Waals surface area contributed by atoms with Crippen molar-refractivity contribution in [2.75, 3.05) is 20.2 Å². The van der Waals surface area contributed by atoms with E-state index in [1.165, 1.54) is 16.4 Å². The van der Waals surface area contributed by atoms with E-state index in [4.69, 9.17) is 4.74 Å². The molecule has 0 aromatic heterocycles. The average molecular weight is 442 g/mol. The number of piperidine rings is 1. The largest absolute Gasteiger partial charge is 0.497 e. The molecule has 164 valence electrons. The molecule has 0 bridgehead atoms. The Morgan fingerprint density at radius 1 is 1.19 bits per heavy atom. The summed E-state index contributed by atoms with van der Waals surface area (Å²) in [6, 6.07) is 15.6. The van der Waals surface area contributed by atoms with Crippen molar-refractivity contribution in [3.05, 3.63) is 59.7 Å². The fourth-order valence-corrected chi connectivity index (χ4v) is 5.44. The molecule has 7 nitrogen and oxygen atoms in total. The predicted octanol–water partition coefficient (Wildman–Crippen LogP) is 3.24. The van der Waals surface area contributed by atoms with Crippen molar-refractivity contribution in [1.82, 2.24) is 9.62 Å². The quantitative estimate of drug-likeness (QED) is 0.711. The number of carbonyl (C=O) groups is 1. The van der Waals surface area contributed by atoms with Crippen molar-refractivity contribution in [2.45, 2.75) is 37.1 Å². The monoisotopic (exact) mass is 441 g/mol. The van der Waals surface area contributed by atoms with E-state index in [9.17, 15) is 18.5 Å². The second kappa shape index (κ2) is 9.94. The fourth-order valence-electron chi connectivity index (χ4n) is 3.83. The van der Waals surface area contributed by atoms with Gasteiger partial charge in [-0.25, -0.2) is 8.42 Å². The van der Waals surface area contributed by atoms with E-state index < -0.39 is 10.0 Å². The smallest absolute Gasteiger partial charge is 0.244 e. The van der Waals surface area contributed by atoms with Gasteiger partial charge in [0.1, 0.15) is 11.8 Å². The Hall–Kier alpha value is -2.89. The number of nitrogens with zero attached hydrogens (tertiary/aromatic N) is 2. The molecule has 0 spiro atoms. The minimum Gasteiger partial charge on any atom is -0.497 e. The normalized spacial score (nSPS) is 16.3. The number of sulfonamides is 1. The third-order valence-corrected chi connectivity index (χ3v) is 7.65. The van der Waals surface area contributed by atoms with Crippen molar-refractivity contribution >= 4 is 15.9 Å². The summed E-state index contributed by atoms with van der Waals surface area (Å²) < 4.78 is 32.5. The van der Waals surface area contributed by atoms with Gasteiger partial charge >= 0.3 is 0 Å². The van der Waals surface area contributed by atoms with Crippen molar-refractivity contribution in [3.63, 3.8) is 0 Å². The lowest BCUT2D eigenvalue weighted by Crippen LogP contribution is -2.43. The Labute approximate surface area is 183 Å². The Morgan fingerprint density at radius 2 is 1.84 bits per heavy atom. The van der Waals surface area contributed by atoms with E-state index >= 15 is 0 Å². The number of methoxy groups -OCH3 is 1. The second-order valence-corrected chi connectivity index (χ2v) is 9.44. The van der Waals surface area contributed by atoms with Crippen LogP contribution in [-0.2, 0) is 14.8 Å². The lowest BCUT2D eigenvalue weighted by Gasteiger charge is -2.31. The molecule has 1 fully saturated rings. The molecule has 1 saturated heterocycles. The first-order valence-electron chi connectivity index (χ1n) is 10.3. The van der Waals surface area contributed by atoms with E-state index in [0.29, 0.717) is 12.8 Å². The van der Waals surface area contributed by atoms with Gasteiger partial charge in [-0.15, -0.1) is 0 Å². The summed E-state index contributed by atoms with van der Waals surface area (Å²) in [5.74, 6) is 0.457. The van der Waals surface area contributed by atoms with Crippen LogP contribution in [0.5, 0.6) is 5.75 Å². The first-order chi connectivity index (χ1) is 14.9. The van der Waals surface area contributed by atoms with Gasteiger partial charge < -0.3 is 10.1 Å². The average Bonchev–Trinajstić information content (AvgIpc) is 2.82. The molecule has 0 radical (unpaired) electrons. The van der Waals surface area contributed by atoms with Crippen LogP contribution in [0.3, 0.4) is 0 Å². The van der Waals surface area contributed by atoms with Gasteiger partial charge in [-0.2, -0.15) is 9.57 Å². The molecular formula is C23H27N3O4S. The van der Waals surface area contributed by atoms with Gasteiger partial charge in [0.05, 0.1) is 23.6 Å². The molecule has 0 aliphatic carbocycles. The SMILES string of the molecule is CCC(NC(=O)C1CCN(S(=O)(=O)c2ccccc2C#N)CC1)c1ccc(OC)cc1. The fraction of sp³-hybridized carbons (Fsp3) is 0.391. The zero-order valence-electron chi connectivity index (χ0n) is 17.7.